The van der Waals surface area contributed by atoms with Crippen LogP contribution in [0.4, 0.5) is 0 Å². The first-order valence-electron chi connectivity index (χ1n) is 9.83. The molecule has 3 heterocycles. The number of fused-ring (bicyclic) bond motifs is 1. The van der Waals surface area contributed by atoms with E-state index in [-0.39, 0.29) is 30.7 Å². The molecule has 0 unspecified atom stereocenters. The van der Waals surface area contributed by atoms with E-state index in [1.807, 2.05) is 0 Å². The van der Waals surface area contributed by atoms with Crippen molar-refractivity contribution in [2.75, 3.05) is 33.3 Å². The fraction of sp³-hybridized carbons (Fsp3) is 0.842. The molecule has 0 spiro atoms. The van der Waals surface area contributed by atoms with Crippen LogP contribution in [0.5, 0.6) is 0 Å². The second-order valence-electron chi connectivity index (χ2n) is 8.12. The molecule has 3 rings (SSSR count). The predicted molar refractivity (Wildman–Crippen MR) is 92.4 cm³/mol. The summed E-state index contributed by atoms with van der Waals surface area (Å²) in [6.45, 7) is 3.14. The summed E-state index contributed by atoms with van der Waals surface area (Å²) in [5.41, 5.74) is 0. The van der Waals surface area contributed by atoms with Gasteiger partial charge in [-0.3, -0.25) is 19.3 Å². The summed E-state index contributed by atoms with van der Waals surface area (Å²) in [5.74, 6) is -0.166. The summed E-state index contributed by atoms with van der Waals surface area (Å²) >= 11 is 0. The Kier molecular flexibility index (Phi) is 5.77. The Morgan fingerprint density at radius 2 is 1.80 bits per heavy atom. The largest absolute Gasteiger partial charge is 0.465 e. The van der Waals surface area contributed by atoms with Gasteiger partial charge in [-0.25, -0.2) is 0 Å². The maximum atomic E-state index is 12.1. The Bertz CT molecular complexity index is 516. The number of quaternary nitrogens is 1. The lowest BCUT2D eigenvalue weighted by Gasteiger charge is -2.51. The van der Waals surface area contributed by atoms with Gasteiger partial charge in [0.25, 0.3) is 0 Å². The molecule has 3 saturated heterocycles. The molecule has 0 N–H and O–H groups in total. The molecule has 2 amide bonds. The quantitative estimate of drug-likeness (QED) is 0.431. The summed E-state index contributed by atoms with van der Waals surface area (Å²) in [7, 11) is 2.35. The van der Waals surface area contributed by atoms with E-state index in [9.17, 15) is 14.4 Å². The summed E-state index contributed by atoms with van der Waals surface area (Å²) in [5, 5.41) is 0. The average Bonchev–Trinajstić information content (AvgIpc) is 2.58. The number of rotatable bonds is 5. The number of carbonyl (C=O) groups excluding carboxylic acids is 3. The van der Waals surface area contributed by atoms with Crippen molar-refractivity contribution in [1.29, 1.82) is 0 Å². The van der Waals surface area contributed by atoms with Crippen LogP contribution < -0.4 is 0 Å². The third-order valence-corrected chi connectivity index (χ3v) is 6.39. The minimum absolute atomic E-state index is 0.112. The summed E-state index contributed by atoms with van der Waals surface area (Å²) in [6, 6.07) is 0.612. The van der Waals surface area contributed by atoms with Crippen molar-refractivity contribution < 1.29 is 23.6 Å². The van der Waals surface area contributed by atoms with Crippen LogP contribution in [0.3, 0.4) is 0 Å². The van der Waals surface area contributed by atoms with Crippen LogP contribution in [-0.2, 0) is 19.1 Å². The van der Waals surface area contributed by atoms with Gasteiger partial charge in [0, 0.05) is 31.7 Å². The molecule has 0 aromatic heterocycles. The molecular formula is C19H31N2O4+. The van der Waals surface area contributed by atoms with Crippen molar-refractivity contribution >= 4 is 17.8 Å². The predicted octanol–water partition coefficient (Wildman–Crippen LogP) is 1.87. The van der Waals surface area contributed by atoms with Crippen LogP contribution in [0.2, 0.25) is 0 Å². The molecule has 3 aliphatic heterocycles. The number of carbonyl (C=O) groups is 3. The van der Waals surface area contributed by atoms with E-state index in [0.717, 1.165) is 10.9 Å². The number of ether oxygens (including phenoxy) is 1. The van der Waals surface area contributed by atoms with Crippen molar-refractivity contribution in [2.24, 2.45) is 5.92 Å². The molecule has 6 heteroatoms. The number of likely N-dealkylation sites (tertiary alicyclic amines) is 1. The van der Waals surface area contributed by atoms with Gasteiger partial charge in [0.2, 0.25) is 11.8 Å². The van der Waals surface area contributed by atoms with E-state index in [1.54, 1.807) is 0 Å². The Hall–Kier alpha value is -1.43. The molecule has 25 heavy (non-hydrogen) atoms. The Morgan fingerprint density at radius 3 is 2.56 bits per heavy atom. The number of hydrogen-bond acceptors (Lipinski definition) is 4. The smallest absolute Gasteiger partial charge is 0.307 e. The molecule has 0 bridgehead atoms. The van der Waals surface area contributed by atoms with Gasteiger partial charge in [0.15, 0.2) is 0 Å². The highest BCUT2D eigenvalue weighted by molar-refractivity contribution is 5.97. The molecule has 3 aliphatic rings. The zero-order valence-electron chi connectivity index (χ0n) is 15.4. The first-order valence-corrected chi connectivity index (χ1v) is 9.83. The van der Waals surface area contributed by atoms with Gasteiger partial charge >= 0.3 is 5.97 Å². The lowest BCUT2D eigenvalue weighted by atomic mass is 9.82. The second-order valence-corrected chi connectivity index (χ2v) is 8.12. The van der Waals surface area contributed by atoms with Gasteiger partial charge in [-0.2, -0.15) is 0 Å². The van der Waals surface area contributed by atoms with Gasteiger partial charge in [-0.05, 0) is 32.1 Å². The van der Waals surface area contributed by atoms with E-state index in [1.165, 1.54) is 43.7 Å². The summed E-state index contributed by atoms with van der Waals surface area (Å²) < 4.78 is 6.68. The fourth-order valence-corrected chi connectivity index (χ4v) is 4.95. The van der Waals surface area contributed by atoms with E-state index < -0.39 is 0 Å². The van der Waals surface area contributed by atoms with Gasteiger partial charge in [-0.1, -0.05) is 0 Å². The highest BCUT2D eigenvalue weighted by Gasteiger charge is 2.43. The molecule has 0 aromatic carbocycles. The Labute approximate surface area is 150 Å². The van der Waals surface area contributed by atoms with Crippen LogP contribution in [0.25, 0.3) is 0 Å². The SMILES string of the molecule is C[N@+]12CCCC[C@@H]1[C@@H](COC(=O)CCN1C(=O)CCCC1=O)CCC2. The zero-order chi connectivity index (χ0) is 17.9. The molecule has 3 fully saturated rings. The van der Waals surface area contributed by atoms with Crippen LogP contribution >= 0.6 is 0 Å². The van der Waals surface area contributed by atoms with Crippen molar-refractivity contribution in [1.82, 2.24) is 4.90 Å². The average molecular weight is 351 g/mol. The third-order valence-electron chi connectivity index (χ3n) is 6.39. The number of esters is 1. The van der Waals surface area contributed by atoms with E-state index in [0.29, 0.717) is 37.8 Å². The van der Waals surface area contributed by atoms with E-state index in [4.69, 9.17) is 4.74 Å². The highest BCUT2D eigenvalue weighted by Crippen LogP contribution is 2.36. The minimum Gasteiger partial charge on any atom is -0.465 e. The number of imide groups is 1. The lowest BCUT2D eigenvalue weighted by Crippen LogP contribution is -2.61. The highest BCUT2D eigenvalue weighted by atomic mass is 16.5. The van der Waals surface area contributed by atoms with Crippen LogP contribution in [-0.4, -0.2) is 66.5 Å². The fourth-order valence-electron chi connectivity index (χ4n) is 4.95. The topological polar surface area (TPSA) is 63.7 Å². The molecule has 140 valence electrons. The molecular weight excluding hydrogens is 320 g/mol. The van der Waals surface area contributed by atoms with Crippen molar-refractivity contribution in [3.05, 3.63) is 0 Å². The first kappa shape index (κ1) is 18.4. The monoisotopic (exact) mass is 351 g/mol. The second kappa shape index (κ2) is 7.85. The van der Waals surface area contributed by atoms with Crippen LogP contribution in [0.15, 0.2) is 0 Å². The number of hydrogen-bond donors (Lipinski definition) is 0. The third kappa shape index (κ3) is 4.22. The standard InChI is InChI=1S/C19H31N2O4/c1-21-12-3-2-7-16(21)15(6-5-13-21)14-25-19(24)10-11-20-17(22)8-4-9-18(20)23/h15-16H,2-14H2,1H3/q+1/t15-,16-,21-/m1/s1. The molecule has 0 radical (unpaired) electrons. The van der Waals surface area contributed by atoms with E-state index in [2.05, 4.69) is 7.05 Å². The lowest BCUT2D eigenvalue weighted by molar-refractivity contribution is -0.947. The van der Waals surface area contributed by atoms with Crippen LogP contribution in [0.1, 0.15) is 57.8 Å². The molecule has 0 aromatic rings. The van der Waals surface area contributed by atoms with Crippen molar-refractivity contribution in [3.63, 3.8) is 0 Å². The van der Waals surface area contributed by atoms with Crippen LogP contribution in [0, 0.1) is 5.92 Å². The summed E-state index contributed by atoms with van der Waals surface area (Å²) in [6.07, 6.45) is 7.69. The van der Waals surface area contributed by atoms with Gasteiger partial charge in [0.1, 0.15) is 0 Å². The van der Waals surface area contributed by atoms with E-state index >= 15 is 0 Å². The normalized spacial score (nSPS) is 33.1. The minimum atomic E-state index is -0.290. The van der Waals surface area contributed by atoms with Gasteiger partial charge < -0.3 is 9.22 Å². The number of piperidine rings is 3. The maximum absolute atomic E-state index is 12.1. The van der Waals surface area contributed by atoms with Crippen molar-refractivity contribution in [3.8, 4) is 0 Å². The Morgan fingerprint density at radius 1 is 1.08 bits per heavy atom. The number of amides is 2. The first-order chi connectivity index (χ1) is 12.0. The van der Waals surface area contributed by atoms with Gasteiger partial charge in [-0.15, -0.1) is 0 Å². The number of nitrogens with zero attached hydrogens (tertiary/aromatic N) is 2. The molecule has 0 aliphatic carbocycles. The molecule has 6 nitrogen and oxygen atoms in total. The zero-order valence-corrected chi connectivity index (χ0v) is 15.4. The maximum Gasteiger partial charge on any atom is 0.307 e. The Balaban J connectivity index is 1.45. The van der Waals surface area contributed by atoms with Gasteiger partial charge in [0.05, 0.1) is 39.2 Å². The summed E-state index contributed by atoms with van der Waals surface area (Å²) in [4.78, 5) is 36.9. The molecule has 0 saturated carbocycles. The van der Waals surface area contributed by atoms with Crippen molar-refractivity contribution in [2.45, 2.75) is 63.8 Å². The molecule has 3 atom stereocenters.